The molecule has 6 unspecified atom stereocenters. The average Bonchev–Trinajstić information content (AvgIpc) is 3.54. The van der Waals surface area contributed by atoms with Gasteiger partial charge in [-0.05, 0) is 37.3 Å². The molecule has 0 saturated carbocycles. The van der Waals surface area contributed by atoms with Crippen molar-refractivity contribution in [1.82, 2.24) is 9.97 Å². The van der Waals surface area contributed by atoms with Gasteiger partial charge in [-0.3, -0.25) is 14.6 Å². The van der Waals surface area contributed by atoms with Gasteiger partial charge in [0.2, 0.25) is 17.7 Å². The second kappa shape index (κ2) is 7.23. The van der Waals surface area contributed by atoms with E-state index in [1.807, 2.05) is 6.92 Å². The molecule has 7 rings (SSSR count). The number of nitrogens with zero attached hydrogens (tertiary/aromatic N) is 4. The van der Waals surface area contributed by atoms with Gasteiger partial charge >= 0.3 is 0 Å². The highest BCUT2D eigenvalue weighted by Crippen LogP contribution is 2.69. The zero-order chi connectivity index (χ0) is 24.8. The highest BCUT2D eigenvalue weighted by atomic mass is 35.5. The Morgan fingerprint density at radius 3 is 2.75 bits per heavy atom. The van der Waals surface area contributed by atoms with Gasteiger partial charge in [-0.1, -0.05) is 11.6 Å². The molecule has 4 fully saturated rings. The first-order valence-corrected chi connectivity index (χ1v) is 12.0. The maximum Gasteiger partial charge on any atom is 0.240 e. The SMILES string of the molecule is CC12OC(CCOc3ccc(Cl)cn3)(C3OC31)C1C(=O)N(c3ccc(C#N)c4ncccc34)C(=O)C12. The Bertz CT molecular complexity index is 1510. The molecule has 9 nitrogen and oxygen atoms in total. The summed E-state index contributed by atoms with van der Waals surface area (Å²) in [6, 6.07) is 12.2. The van der Waals surface area contributed by atoms with Gasteiger partial charge in [0.25, 0.3) is 0 Å². The van der Waals surface area contributed by atoms with Crippen LogP contribution in [0.2, 0.25) is 5.02 Å². The lowest BCUT2D eigenvalue weighted by molar-refractivity contribution is -0.145. The third-order valence-electron chi connectivity index (χ3n) is 7.95. The van der Waals surface area contributed by atoms with Crippen LogP contribution in [0.3, 0.4) is 0 Å². The van der Waals surface area contributed by atoms with Crippen LogP contribution in [0.1, 0.15) is 18.9 Å². The lowest BCUT2D eigenvalue weighted by Gasteiger charge is -2.31. The molecule has 10 heteroatoms. The van der Waals surface area contributed by atoms with E-state index in [1.54, 1.807) is 42.6 Å². The maximum atomic E-state index is 14.0. The quantitative estimate of drug-likeness (QED) is 0.386. The normalized spacial score (nSPS) is 33.5. The summed E-state index contributed by atoms with van der Waals surface area (Å²) < 4.78 is 18.3. The number of pyridine rings is 2. The van der Waals surface area contributed by atoms with Crippen molar-refractivity contribution < 1.29 is 23.8 Å². The molecule has 0 spiro atoms. The maximum absolute atomic E-state index is 14.0. The lowest BCUT2D eigenvalue weighted by Crippen LogP contribution is -2.48. The predicted octanol–water partition coefficient (Wildman–Crippen LogP) is 3.04. The number of ether oxygens (including phenoxy) is 3. The van der Waals surface area contributed by atoms with Crippen LogP contribution in [-0.4, -0.2) is 51.8 Å². The molecule has 0 radical (unpaired) electrons. The Labute approximate surface area is 210 Å². The summed E-state index contributed by atoms with van der Waals surface area (Å²) >= 11 is 5.90. The van der Waals surface area contributed by atoms with Crippen LogP contribution in [-0.2, 0) is 19.1 Å². The molecule has 4 saturated heterocycles. The molecule has 2 amide bonds. The number of aromatic nitrogens is 2. The number of benzene rings is 1. The van der Waals surface area contributed by atoms with E-state index in [-0.39, 0.29) is 30.6 Å². The number of hydrogen-bond acceptors (Lipinski definition) is 8. The molecule has 0 N–H and O–H groups in total. The number of imide groups is 1. The Balaban J connectivity index is 1.25. The Morgan fingerprint density at radius 1 is 1.14 bits per heavy atom. The number of rotatable bonds is 5. The minimum atomic E-state index is -0.974. The van der Waals surface area contributed by atoms with E-state index in [4.69, 9.17) is 25.8 Å². The summed E-state index contributed by atoms with van der Waals surface area (Å²) in [4.78, 5) is 37.6. The summed E-state index contributed by atoms with van der Waals surface area (Å²) in [5.41, 5.74) is -0.626. The first-order chi connectivity index (χ1) is 17.4. The van der Waals surface area contributed by atoms with Gasteiger partial charge in [-0.15, -0.1) is 0 Å². The number of halogens is 1. The second-order valence-electron chi connectivity index (χ2n) is 9.74. The van der Waals surface area contributed by atoms with E-state index >= 15 is 0 Å². The third-order valence-corrected chi connectivity index (χ3v) is 8.17. The molecule has 4 aliphatic heterocycles. The van der Waals surface area contributed by atoms with E-state index in [1.165, 1.54) is 11.1 Å². The lowest BCUT2D eigenvalue weighted by atomic mass is 9.67. The molecule has 0 aliphatic carbocycles. The van der Waals surface area contributed by atoms with E-state index < -0.39 is 23.0 Å². The van der Waals surface area contributed by atoms with Crippen molar-refractivity contribution in [3.8, 4) is 11.9 Å². The van der Waals surface area contributed by atoms with E-state index in [0.717, 1.165) is 0 Å². The van der Waals surface area contributed by atoms with Crippen LogP contribution < -0.4 is 9.64 Å². The fourth-order valence-corrected chi connectivity index (χ4v) is 6.57. The summed E-state index contributed by atoms with van der Waals surface area (Å²) in [5.74, 6) is -1.63. The van der Waals surface area contributed by atoms with Crippen molar-refractivity contribution in [1.29, 1.82) is 5.26 Å². The number of anilines is 1. The van der Waals surface area contributed by atoms with Crippen LogP contribution in [0.5, 0.6) is 5.88 Å². The van der Waals surface area contributed by atoms with Crippen molar-refractivity contribution >= 4 is 40.0 Å². The summed E-state index contributed by atoms with van der Waals surface area (Å²) in [7, 11) is 0. The van der Waals surface area contributed by atoms with Crippen LogP contribution >= 0.6 is 11.6 Å². The topological polar surface area (TPSA) is 118 Å². The zero-order valence-electron chi connectivity index (χ0n) is 19.1. The Hall–Kier alpha value is -3.58. The Morgan fingerprint density at radius 2 is 1.97 bits per heavy atom. The first kappa shape index (κ1) is 21.7. The van der Waals surface area contributed by atoms with Crippen LogP contribution in [0, 0.1) is 23.2 Å². The summed E-state index contributed by atoms with van der Waals surface area (Å²) in [6.45, 7) is 2.09. The van der Waals surface area contributed by atoms with Gasteiger partial charge in [0, 0.05) is 30.3 Å². The largest absolute Gasteiger partial charge is 0.478 e. The zero-order valence-corrected chi connectivity index (χ0v) is 19.8. The molecule has 180 valence electrons. The number of amides is 2. The number of carbonyl (C=O) groups is 2. The van der Waals surface area contributed by atoms with Crippen molar-refractivity contribution in [3.05, 3.63) is 59.4 Å². The fourth-order valence-electron chi connectivity index (χ4n) is 6.46. The number of hydrogen-bond donors (Lipinski definition) is 0. The summed E-state index contributed by atoms with van der Waals surface area (Å²) in [5, 5.41) is 10.6. The molecular formula is C26H19ClN4O5. The van der Waals surface area contributed by atoms with Gasteiger partial charge < -0.3 is 14.2 Å². The highest BCUT2D eigenvalue weighted by molar-refractivity contribution is 6.30. The minimum absolute atomic E-state index is 0.228. The van der Waals surface area contributed by atoms with Crippen LogP contribution in [0.4, 0.5) is 5.69 Å². The van der Waals surface area contributed by atoms with Gasteiger partial charge in [-0.25, -0.2) is 9.88 Å². The van der Waals surface area contributed by atoms with E-state index in [9.17, 15) is 14.9 Å². The number of epoxide rings is 1. The standard InChI is InChI=1S/C26H19ClN4O5/c1-25-18-19(26(36-25,22-21(25)35-22)8-10-34-17-7-5-14(27)12-30-17)24(33)31(23(18)32)16-6-4-13(11-28)20-15(16)3-2-9-29-20/h2-7,9,12,18-19,21-22H,8,10H2,1H3. The molecule has 6 atom stereocenters. The van der Waals surface area contributed by atoms with Crippen LogP contribution in [0.25, 0.3) is 10.9 Å². The molecule has 2 bridgehead atoms. The van der Waals surface area contributed by atoms with E-state index in [0.29, 0.717) is 39.5 Å². The molecule has 6 heterocycles. The second-order valence-corrected chi connectivity index (χ2v) is 10.2. The van der Waals surface area contributed by atoms with Gasteiger partial charge in [-0.2, -0.15) is 5.26 Å². The van der Waals surface area contributed by atoms with Crippen molar-refractivity contribution in [2.75, 3.05) is 11.5 Å². The molecule has 3 aromatic rings. The average molecular weight is 503 g/mol. The van der Waals surface area contributed by atoms with E-state index in [2.05, 4.69) is 16.0 Å². The van der Waals surface area contributed by atoms with Crippen molar-refractivity contribution in [3.63, 3.8) is 0 Å². The van der Waals surface area contributed by atoms with Gasteiger partial charge in [0.05, 0.1) is 40.2 Å². The van der Waals surface area contributed by atoms with Crippen molar-refractivity contribution in [2.24, 2.45) is 11.8 Å². The summed E-state index contributed by atoms with van der Waals surface area (Å²) in [6.07, 6.45) is 2.92. The van der Waals surface area contributed by atoms with Crippen molar-refractivity contribution in [2.45, 2.75) is 36.8 Å². The molecule has 36 heavy (non-hydrogen) atoms. The highest BCUT2D eigenvalue weighted by Gasteiger charge is 2.86. The molecule has 2 aromatic heterocycles. The minimum Gasteiger partial charge on any atom is -0.478 e. The Kier molecular flexibility index (Phi) is 4.35. The molecule has 1 aromatic carbocycles. The monoisotopic (exact) mass is 502 g/mol. The molecular weight excluding hydrogens is 484 g/mol. The van der Waals surface area contributed by atoms with Gasteiger partial charge in [0.1, 0.15) is 29.5 Å². The fraction of sp³-hybridized carbons (Fsp3) is 0.346. The smallest absolute Gasteiger partial charge is 0.240 e. The van der Waals surface area contributed by atoms with Gasteiger partial charge in [0.15, 0.2) is 0 Å². The number of carbonyl (C=O) groups excluding carboxylic acids is 2. The molecule has 4 aliphatic rings. The number of nitriles is 1. The van der Waals surface area contributed by atoms with Crippen LogP contribution in [0.15, 0.2) is 48.8 Å². The first-order valence-electron chi connectivity index (χ1n) is 11.6. The predicted molar refractivity (Wildman–Crippen MR) is 126 cm³/mol. The third kappa shape index (κ3) is 2.66. The number of fused-ring (bicyclic) bond motifs is 9.